The molecule has 3 aromatic rings. The summed E-state index contributed by atoms with van der Waals surface area (Å²) in [6.07, 6.45) is 2.62. The second kappa shape index (κ2) is 7.39. The topological polar surface area (TPSA) is 68.5 Å². The van der Waals surface area contributed by atoms with Gasteiger partial charge in [0, 0.05) is 19.5 Å². The molecule has 0 bridgehead atoms. The molecular formula is C20H20N4O2. The number of rotatable bonds is 6. The van der Waals surface area contributed by atoms with Gasteiger partial charge in [0.05, 0.1) is 23.1 Å². The molecule has 0 saturated heterocycles. The van der Waals surface area contributed by atoms with E-state index < -0.39 is 6.10 Å². The number of imidazole rings is 1. The minimum absolute atomic E-state index is 0.116. The fourth-order valence-corrected chi connectivity index (χ4v) is 3.08. The van der Waals surface area contributed by atoms with E-state index in [0.717, 1.165) is 35.3 Å². The summed E-state index contributed by atoms with van der Waals surface area (Å²) < 4.78 is 2.10. The monoisotopic (exact) mass is 348 g/mol. The summed E-state index contributed by atoms with van der Waals surface area (Å²) in [4.78, 5) is 21.9. The number of nitrogens with one attached hydrogen (secondary N) is 1. The zero-order valence-electron chi connectivity index (χ0n) is 14.3. The summed E-state index contributed by atoms with van der Waals surface area (Å²) in [5.41, 5.74) is 3.91. The number of nitrogens with zero attached hydrogens (tertiary/aromatic N) is 3. The molecular weight excluding hydrogens is 328 g/mol. The Morgan fingerprint density at radius 2 is 1.96 bits per heavy atom. The maximum atomic E-state index is 12.3. The summed E-state index contributed by atoms with van der Waals surface area (Å²) in [5, 5.41) is 6.99. The Bertz CT molecular complexity index is 933. The highest BCUT2D eigenvalue weighted by Gasteiger charge is 2.28. The molecule has 2 heterocycles. The highest BCUT2D eigenvalue weighted by molar-refractivity contribution is 6.04. The Morgan fingerprint density at radius 3 is 2.85 bits per heavy atom. The van der Waals surface area contributed by atoms with Gasteiger partial charge in [0.2, 0.25) is 6.10 Å². The number of carbonyl (C=O) groups excluding carboxylic acids is 1. The van der Waals surface area contributed by atoms with E-state index in [1.807, 2.05) is 54.9 Å². The molecule has 1 unspecified atom stereocenters. The van der Waals surface area contributed by atoms with Gasteiger partial charge in [0.25, 0.3) is 5.91 Å². The van der Waals surface area contributed by atoms with E-state index in [0.29, 0.717) is 13.0 Å². The van der Waals surface area contributed by atoms with Crippen molar-refractivity contribution < 1.29 is 9.63 Å². The number of hydrogen-bond acceptors (Lipinski definition) is 4. The first-order chi connectivity index (χ1) is 12.8. The number of aryl methyl sites for hydroxylation is 1. The van der Waals surface area contributed by atoms with Crippen molar-refractivity contribution in [1.29, 1.82) is 0 Å². The van der Waals surface area contributed by atoms with E-state index in [9.17, 15) is 4.79 Å². The van der Waals surface area contributed by atoms with Gasteiger partial charge in [-0.3, -0.25) is 4.79 Å². The average Bonchev–Trinajstić information content (AvgIpc) is 3.33. The van der Waals surface area contributed by atoms with Gasteiger partial charge in [-0.1, -0.05) is 47.6 Å². The van der Waals surface area contributed by atoms with Gasteiger partial charge < -0.3 is 14.7 Å². The van der Waals surface area contributed by atoms with Crippen molar-refractivity contribution >= 4 is 22.7 Å². The Labute approximate surface area is 151 Å². The fraction of sp³-hybridized carbons (Fsp3) is 0.250. The third kappa shape index (κ3) is 3.44. The largest absolute Gasteiger partial charge is 0.382 e. The number of amides is 1. The van der Waals surface area contributed by atoms with Gasteiger partial charge in [-0.05, 0) is 24.1 Å². The van der Waals surface area contributed by atoms with Gasteiger partial charge in [0.1, 0.15) is 0 Å². The molecule has 1 atom stereocenters. The molecule has 0 fully saturated rings. The Balaban J connectivity index is 1.24. The van der Waals surface area contributed by atoms with Crippen LogP contribution in [0.25, 0.3) is 11.0 Å². The highest BCUT2D eigenvalue weighted by Crippen LogP contribution is 2.16. The first-order valence-corrected chi connectivity index (χ1v) is 8.77. The van der Waals surface area contributed by atoms with Crippen molar-refractivity contribution in [2.75, 3.05) is 6.54 Å². The fourth-order valence-electron chi connectivity index (χ4n) is 3.08. The smallest absolute Gasteiger partial charge is 0.264 e. The third-order valence-corrected chi connectivity index (χ3v) is 4.47. The molecule has 0 saturated carbocycles. The molecule has 6 heteroatoms. The van der Waals surface area contributed by atoms with E-state index in [-0.39, 0.29) is 5.91 Å². The molecule has 4 rings (SSSR count). The number of oxime groups is 1. The summed E-state index contributed by atoms with van der Waals surface area (Å²) >= 11 is 0. The molecule has 1 N–H and O–H groups in total. The summed E-state index contributed by atoms with van der Waals surface area (Å²) in [5.74, 6) is -0.116. The van der Waals surface area contributed by atoms with Crippen molar-refractivity contribution in [3.63, 3.8) is 0 Å². The second-order valence-electron chi connectivity index (χ2n) is 6.27. The maximum Gasteiger partial charge on any atom is 0.264 e. The maximum absolute atomic E-state index is 12.3. The predicted molar refractivity (Wildman–Crippen MR) is 99.8 cm³/mol. The number of para-hydroxylation sites is 2. The van der Waals surface area contributed by atoms with E-state index in [1.54, 1.807) is 0 Å². The van der Waals surface area contributed by atoms with Crippen molar-refractivity contribution in [3.8, 4) is 0 Å². The lowest BCUT2D eigenvalue weighted by molar-refractivity contribution is -0.131. The lowest BCUT2D eigenvalue weighted by Crippen LogP contribution is -2.35. The average molecular weight is 348 g/mol. The molecule has 0 spiro atoms. The van der Waals surface area contributed by atoms with Gasteiger partial charge >= 0.3 is 0 Å². The molecule has 1 aromatic heterocycles. The van der Waals surface area contributed by atoms with E-state index in [4.69, 9.17) is 4.84 Å². The quantitative estimate of drug-likeness (QED) is 0.697. The summed E-state index contributed by atoms with van der Waals surface area (Å²) in [6.45, 7) is 1.39. The lowest BCUT2D eigenvalue weighted by Gasteiger charge is -2.10. The zero-order valence-corrected chi connectivity index (χ0v) is 14.3. The second-order valence-corrected chi connectivity index (χ2v) is 6.27. The zero-order chi connectivity index (χ0) is 17.8. The number of hydrogen-bond donors (Lipinski definition) is 1. The van der Waals surface area contributed by atoms with Crippen LogP contribution in [-0.4, -0.2) is 33.8 Å². The minimum Gasteiger partial charge on any atom is -0.382 e. The standard InChI is InChI=1S/C20H20N4O2/c25-20(19-13-17(23-26-19)15-7-2-1-3-8-15)21-11-6-12-24-14-22-16-9-4-5-10-18(16)24/h1-5,7-10,14,19H,6,11-13H2,(H,21,25). The SMILES string of the molecule is O=C(NCCCn1cnc2ccccc21)C1CC(c2ccccc2)=NO1. The summed E-state index contributed by atoms with van der Waals surface area (Å²) in [7, 11) is 0. The van der Waals surface area contributed by atoms with Crippen LogP contribution in [0.15, 0.2) is 66.1 Å². The number of carbonyl (C=O) groups is 1. The molecule has 6 nitrogen and oxygen atoms in total. The lowest BCUT2D eigenvalue weighted by atomic mass is 10.0. The van der Waals surface area contributed by atoms with Crippen LogP contribution < -0.4 is 5.32 Å². The van der Waals surface area contributed by atoms with Crippen molar-refractivity contribution in [2.45, 2.75) is 25.5 Å². The van der Waals surface area contributed by atoms with Crippen molar-refractivity contribution in [2.24, 2.45) is 5.16 Å². The number of benzene rings is 2. The van der Waals surface area contributed by atoms with E-state index in [1.165, 1.54) is 0 Å². The molecule has 1 amide bonds. The molecule has 1 aliphatic heterocycles. The van der Waals surface area contributed by atoms with E-state index >= 15 is 0 Å². The van der Waals surface area contributed by atoms with Crippen LogP contribution in [0.5, 0.6) is 0 Å². The number of aromatic nitrogens is 2. The minimum atomic E-state index is -0.542. The molecule has 2 aromatic carbocycles. The molecule has 132 valence electrons. The van der Waals surface area contributed by atoms with Gasteiger partial charge in [-0.2, -0.15) is 0 Å². The van der Waals surface area contributed by atoms with Crippen molar-refractivity contribution in [3.05, 3.63) is 66.5 Å². The van der Waals surface area contributed by atoms with Crippen LogP contribution in [0, 0.1) is 0 Å². The van der Waals surface area contributed by atoms with Crippen LogP contribution in [0.3, 0.4) is 0 Å². The van der Waals surface area contributed by atoms with Crippen LogP contribution >= 0.6 is 0 Å². The van der Waals surface area contributed by atoms with Gasteiger partial charge in [-0.25, -0.2) is 4.98 Å². The van der Waals surface area contributed by atoms with Gasteiger partial charge in [0.15, 0.2) is 0 Å². The van der Waals surface area contributed by atoms with Gasteiger partial charge in [-0.15, -0.1) is 0 Å². The first kappa shape index (κ1) is 16.3. The molecule has 0 radical (unpaired) electrons. The summed E-state index contributed by atoms with van der Waals surface area (Å²) in [6, 6.07) is 17.8. The van der Waals surface area contributed by atoms with E-state index in [2.05, 4.69) is 26.1 Å². The number of fused-ring (bicyclic) bond motifs is 1. The predicted octanol–water partition coefficient (Wildman–Crippen LogP) is 2.74. The van der Waals surface area contributed by atoms with Crippen LogP contribution in [0.4, 0.5) is 0 Å². The van der Waals surface area contributed by atoms with Crippen LogP contribution in [-0.2, 0) is 16.2 Å². The molecule has 0 aliphatic carbocycles. The molecule has 1 aliphatic rings. The molecule has 26 heavy (non-hydrogen) atoms. The first-order valence-electron chi connectivity index (χ1n) is 8.77. The Morgan fingerprint density at radius 1 is 1.15 bits per heavy atom. The van der Waals surface area contributed by atoms with Crippen LogP contribution in [0.2, 0.25) is 0 Å². The Hall–Kier alpha value is -3.15. The van der Waals surface area contributed by atoms with Crippen LogP contribution in [0.1, 0.15) is 18.4 Å². The third-order valence-electron chi connectivity index (χ3n) is 4.47. The Kier molecular flexibility index (Phi) is 4.64. The normalized spacial score (nSPS) is 16.3. The van der Waals surface area contributed by atoms with Crippen molar-refractivity contribution in [1.82, 2.24) is 14.9 Å². The highest BCUT2D eigenvalue weighted by atomic mass is 16.6.